The van der Waals surface area contributed by atoms with Gasteiger partial charge in [0.15, 0.2) is 11.5 Å². The minimum atomic E-state index is -2.56. The second-order valence-electron chi connectivity index (χ2n) is 7.06. The van der Waals surface area contributed by atoms with Gasteiger partial charge < -0.3 is 22.8 Å². The zero-order valence-electron chi connectivity index (χ0n) is 19.2. The highest BCUT2D eigenvalue weighted by atomic mass is 30.4. The van der Waals surface area contributed by atoms with Gasteiger partial charge in [-0.15, -0.1) is 0 Å². The molecule has 0 amide bonds. The summed E-state index contributed by atoms with van der Waals surface area (Å²) >= 11 is 0. The van der Waals surface area contributed by atoms with Crippen LogP contribution in [-0.2, 0) is 19.7 Å². The van der Waals surface area contributed by atoms with Gasteiger partial charge in [-0.25, -0.2) is 0 Å². The van der Waals surface area contributed by atoms with Gasteiger partial charge in [-0.3, -0.25) is 0 Å². The Morgan fingerprint density at radius 2 is 1.35 bits per heavy atom. The molecule has 16 radical (unpaired) electrons. The predicted octanol–water partition coefficient (Wildman–Crippen LogP) is 0.557. The van der Waals surface area contributed by atoms with Crippen LogP contribution in [0.2, 0.25) is 6.04 Å². The number of benzene rings is 1. The average Bonchev–Trinajstić information content (AvgIpc) is 2.68. The molecule has 1 rings (SSSR count). The third-order valence-electron chi connectivity index (χ3n) is 5.11. The molecule has 1 aromatic rings. The molecule has 0 aliphatic heterocycles. The fourth-order valence-electron chi connectivity index (χ4n) is 3.53. The zero-order valence-corrected chi connectivity index (χ0v) is 28.2. The first-order chi connectivity index (χ1) is 14.4. The Kier molecular flexibility index (Phi) is 12.4. The first-order valence-electron chi connectivity index (χ1n) is 10.2. The summed E-state index contributed by atoms with van der Waals surface area (Å²) in [6.07, 6.45) is -1.48. The third-order valence-corrected chi connectivity index (χ3v) is 83.5. The van der Waals surface area contributed by atoms with Gasteiger partial charge in [0.2, 0.25) is 0 Å². The van der Waals surface area contributed by atoms with Crippen LogP contribution in [0.3, 0.4) is 0 Å². The molecule has 31 heavy (non-hydrogen) atoms. The van der Waals surface area contributed by atoms with Gasteiger partial charge in [0.05, 0.1) is 14.2 Å². The first-order valence-corrected chi connectivity index (χ1v) is 28.1. The molecule has 0 aromatic heterocycles. The highest BCUT2D eigenvalue weighted by Gasteiger charge is 2.65. The van der Waals surface area contributed by atoms with Crippen LogP contribution in [0.5, 0.6) is 11.5 Å². The average molecular weight is 567 g/mol. The summed E-state index contributed by atoms with van der Waals surface area (Å²) in [6, 6.07) is 5.01. The normalized spacial score (nSPS) is 14.6. The van der Waals surface area contributed by atoms with Crippen molar-refractivity contribution in [3.8, 4) is 11.5 Å². The van der Waals surface area contributed by atoms with Crippen LogP contribution < -0.4 is 9.47 Å². The second kappa shape index (κ2) is 12.9. The van der Waals surface area contributed by atoms with Crippen molar-refractivity contribution in [2.24, 2.45) is 0 Å². The molecule has 164 valence electrons. The van der Waals surface area contributed by atoms with E-state index in [1.165, 1.54) is 5.56 Å². The molecule has 0 N–H and O–H groups in total. The van der Waals surface area contributed by atoms with E-state index < -0.39 is 28.4 Å². The van der Waals surface area contributed by atoms with Gasteiger partial charge in [-0.2, -0.15) is 0 Å². The molecule has 5 nitrogen and oxygen atoms in total. The molecule has 0 saturated carbocycles. The summed E-state index contributed by atoms with van der Waals surface area (Å²) in [7, 11) is 22.2. The molecule has 1 unspecified atom stereocenters. The molecule has 0 spiro atoms. The summed E-state index contributed by atoms with van der Waals surface area (Å²) in [5.74, 6) is 1.47. The van der Waals surface area contributed by atoms with Crippen LogP contribution >= 0.6 is 0 Å². The van der Waals surface area contributed by atoms with Gasteiger partial charge >= 0.3 is 8.80 Å². The summed E-state index contributed by atoms with van der Waals surface area (Å²) in [6.45, 7) is 4.94. The van der Waals surface area contributed by atoms with Crippen molar-refractivity contribution < 1.29 is 22.8 Å². The molecule has 0 fully saturated rings. The Balaban J connectivity index is 3.57. The van der Waals surface area contributed by atoms with Gasteiger partial charge in [-0.05, 0) is 57.4 Å². The highest BCUT2D eigenvalue weighted by Crippen LogP contribution is 2.34. The van der Waals surface area contributed by atoms with Crippen molar-refractivity contribution >= 4 is 77.2 Å². The van der Waals surface area contributed by atoms with E-state index in [-0.39, 0.29) is 0 Å². The van der Waals surface area contributed by atoms with Crippen molar-refractivity contribution in [1.29, 1.82) is 0 Å². The van der Waals surface area contributed by atoms with E-state index in [1.54, 1.807) is 14.2 Å². The smallest absolute Gasteiger partial charge is 0.354 e. The maximum atomic E-state index is 6.39. The standard InChI is InChI=1S/C17H30O5Si9/c1-7-20-28(21-8-2)29(31(25,26)27,30(23,24)22-9-3)11-10-15-13-17(19-6)16(18-5)12-14(15)4/h12-13H,7-11H2,1-6H3. The molecule has 1 atom stereocenters. The van der Waals surface area contributed by atoms with E-state index in [0.717, 1.165) is 29.5 Å². The van der Waals surface area contributed by atoms with Gasteiger partial charge in [0.25, 0.3) is 0 Å². The fraction of sp³-hybridized carbons (Fsp3) is 0.647. The molecule has 0 saturated heterocycles. The Morgan fingerprint density at radius 3 is 1.77 bits per heavy atom. The van der Waals surface area contributed by atoms with Crippen molar-refractivity contribution in [2.45, 2.75) is 40.2 Å². The molecular weight excluding hydrogens is 537 g/mol. The fourth-order valence-corrected chi connectivity index (χ4v) is 97.7. The second-order valence-corrected chi connectivity index (χ2v) is 55.9. The maximum Gasteiger partial charge on any atom is 0.354 e. The molecule has 0 aliphatic rings. The lowest BCUT2D eigenvalue weighted by Gasteiger charge is -2.52. The Morgan fingerprint density at radius 1 is 0.839 bits per heavy atom. The number of aryl methyl sites for hydroxylation is 2. The Bertz CT molecular complexity index is 695. The van der Waals surface area contributed by atoms with Crippen molar-refractivity contribution in [3.05, 3.63) is 23.3 Å². The number of methoxy groups -OCH3 is 2. The van der Waals surface area contributed by atoms with E-state index in [9.17, 15) is 0 Å². The molecule has 14 heteroatoms. The number of hydrogen-bond donors (Lipinski definition) is 0. The van der Waals surface area contributed by atoms with E-state index in [2.05, 4.69) is 61.8 Å². The van der Waals surface area contributed by atoms with Crippen LogP contribution in [0, 0.1) is 6.92 Å². The summed E-state index contributed by atoms with van der Waals surface area (Å²) < 4.78 is 30.1. The van der Waals surface area contributed by atoms with E-state index in [1.807, 2.05) is 26.8 Å². The lowest BCUT2D eigenvalue weighted by Crippen LogP contribution is -2.89. The lowest BCUT2D eigenvalue weighted by molar-refractivity contribution is 0.229. The summed E-state index contributed by atoms with van der Waals surface area (Å²) in [5, 5.41) is 0. The number of rotatable bonds is 14. The quantitative estimate of drug-likeness (QED) is 0.308. The topological polar surface area (TPSA) is 46.2 Å². The van der Waals surface area contributed by atoms with Gasteiger partial charge in [0.1, 0.15) is 13.5 Å². The van der Waals surface area contributed by atoms with E-state index in [4.69, 9.17) is 22.8 Å². The minimum Gasteiger partial charge on any atom is -0.493 e. The summed E-state index contributed by atoms with van der Waals surface area (Å²) in [4.78, 5) is 0. The van der Waals surface area contributed by atoms with Crippen molar-refractivity contribution in [2.75, 3.05) is 34.0 Å². The van der Waals surface area contributed by atoms with Crippen LogP contribution in [-0.4, -0.2) is 111 Å². The number of hydrogen-bond acceptors (Lipinski definition) is 5. The molecule has 1 aromatic carbocycles. The zero-order chi connectivity index (χ0) is 23.9. The highest BCUT2D eigenvalue weighted by molar-refractivity contribution is 8.11. The first kappa shape index (κ1) is 29.7. The maximum absolute atomic E-state index is 6.39. The van der Waals surface area contributed by atoms with Crippen LogP contribution in [0.25, 0.3) is 0 Å². The van der Waals surface area contributed by atoms with E-state index in [0.29, 0.717) is 19.8 Å². The molecule has 0 heterocycles. The molecule has 0 aliphatic carbocycles. The Labute approximate surface area is 208 Å². The van der Waals surface area contributed by atoms with Crippen LogP contribution in [0.4, 0.5) is 0 Å². The lowest BCUT2D eigenvalue weighted by atomic mass is 10.1. The predicted molar refractivity (Wildman–Crippen MR) is 139 cm³/mol. The number of ether oxygens (including phenoxy) is 2. The van der Waals surface area contributed by atoms with Crippen LogP contribution in [0.1, 0.15) is 31.9 Å². The SMILES string of the molecule is CCO[Si](OCC)[Si](CCc1cc(OC)c(OC)cc1C)([Si]([Si])([Si])[Si])[Si]([Si])([Si])OCC. The molecular formula is C17H30O5Si9. The largest absolute Gasteiger partial charge is 0.493 e. The minimum absolute atomic E-state index is 0.600. The third kappa shape index (κ3) is 6.84. The van der Waals surface area contributed by atoms with Gasteiger partial charge in [0, 0.05) is 74.8 Å². The van der Waals surface area contributed by atoms with Crippen molar-refractivity contribution in [3.63, 3.8) is 0 Å². The van der Waals surface area contributed by atoms with E-state index >= 15 is 0 Å². The van der Waals surface area contributed by atoms with Gasteiger partial charge in [-0.1, -0.05) is 6.04 Å². The monoisotopic (exact) mass is 566 g/mol. The molecule has 0 bridgehead atoms. The Hall–Kier alpha value is 0.652. The van der Waals surface area contributed by atoms with Crippen LogP contribution in [0.15, 0.2) is 12.1 Å². The summed E-state index contributed by atoms with van der Waals surface area (Å²) in [5.41, 5.74) is 2.38. The van der Waals surface area contributed by atoms with Crippen molar-refractivity contribution in [1.82, 2.24) is 0 Å².